The zero-order valence-electron chi connectivity index (χ0n) is 20.8. The van der Waals surface area contributed by atoms with E-state index in [-0.39, 0.29) is 5.78 Å². The van der Waals surface area contributed by atoms with Crippen LogP contribution in [0.25, 0.3) is 55.8 Å². The molecule has 8 nitrogen and oxygen atoms in total. The maximum atomic E-state index is 12.7. The molecule has 0 spiro atoms. The van der Waals surface area contributed by atoms with E-state index in [9.17, 15) is 4.79 Å². The molecule has 0 amide bonds. The van der Waals surface area contributed by atoms with E-state index in [0.29, 0.717) is 18.5 Å². The molecule has 6 aromatic heterocycles. The monoisotopic (exact) mass is 510 g/mol. The van der Waals surface area contributed by atoms with Crippen LogP contribution in [0, 0.1) is 0 Å². The first-order valence-corrected chi connectivity index (χ1v) is 12.6. The summed E-state index contributed by atoms with van der Waals surface area (Å²) in [6.07, 6.45) is 9.32. The Bertz CT molecular complexity index is 1940. The van der Waals surface area contributed by atoms with Gasteiger partial charge in [0.05, 0.1) is 35.1 Å². The molecule has 7 rings (SSSR count). The van der Waals surface area contributed by atoms with Crippen LogP contribution >= 0.6 is 0 Å². The van der Waals surface area contributed by atoms with E-state index < -0.39 is 0 Å². The van der Waals surface area contributed by atoms with Crippen LogP contribution in [-0.2, 0) is 17.6 Å². The molecular weight excluding hydrogens is 488 g/mol. The number of Topliss-reactive ketones (excluding diaryl/α,β-unsaturated/α-hetero) is 1. The summed E-state index contributed by atoms with van der Waals surface area (Å²) >= 11 is 0. The van der Waals surface area contributed by atoms with Crippen LogP contribution in [0.4, 0.5) is 0 Å². The van der Waals surface area contributed by atoms with Gasteiger partial charge in [-0.3, -0.25) is 19.9 Å². The summed E-state index contributed by atoms with van der Waals surface area (Å²) in [4.78, 5) is 30.0. The summed E-state index contributed by atoms with van der Waals surface area (Å²) in [5, 5.41) is 8.63. The number of pyridine rings is 3. The summed E-state index contributed by atoms with van der Waals surface area (Å²) in [6.45, 7) is 0. The molecule has 188 valence electrons. The molecule has 1 aromatic carbocycles. The van der Waals surface area contributed by atoms with Crippen LogP contribution in [0.15, 0.2) is 102 Å². The SMILES string of the molecule is O=C(Cc1ccccc1)Cc1cncc(-c2ccc3[nH]nc(-c4cc5c(-c6ccoc6)nccc5[nH]4)c3n2)c1. The minimum Gasteiger partial charge on any atom is -0.472 e. The number of nitrogens with one attached hydrogen (secondary N) is 2. The van der Waals surface area contributed by atoms with Gasteiger partial charge in [0.25, 0.3) is 0 Å². The number of benzene rings is 1. The molecule has 0 unspecified atom stereocenters. The molecule has 2 N–H and O–H groups in total. The zero-order chi connectivity index (χ0) is 26.2. The standard InChI is InChI=1S/C31H22N6O2/c38-23(13-19-4-2-1-3-5-19)14-20-12-22(17-32-16-20)25-6-7-27-30(35-25)31(37-36-27)28-15-24-26(34-28)8-10-33-29(24)21-9-11-39-18-21/h1-12,15-18,34H,13-14H2,(H,36,37). The summed E-state index contributed by atoms with van der Waals surface area (Å²) in [7, 11) is 0. The fraction of sp³-hybridized carbons (Fsp3) is 0.0645. The molecule has 0 saturated heterocycles. The van der Waals surface area contributed by atoms with Crippen molar-refractivity contribution in [2.24, 2.45) is 0 Å². The molecule has 0 fully saturated rings. The Morgan fingerprint density at radius 3 is 2.62 bits per heavy atom. The molecule has 0 aliphatic carbocycles. The Labute approximate surface area is 222 Å². The van der Waals surface area contributed by atoms with Gasteiger partial charge in [-0.1, -0.05) is 30.3 Å². The van der Waals surface area contributed by atoms with E-state index >= 15 is 0 Å². The van der Waals surface area contributed by atoms with Gasteiger partial charge in [-0.25, -0.2) is 4.98 Å². The Kier molecular flexibility index (Phi) is 5.55. The van der Waals surface area contributed by atoms with Gasteiger partial charge in [0.2, 0.25) is 0 Å². The van der Waals surface area contributed by atoms with Crippen LogP contribution in [-0.4, -0.2) is 35.9 Å². The second-order valence-electron chi connectivity index (χ2n) is 9.44. The zero-order valence-corrected chi connectivity index (χ0v) is 20.8. The number of nitrogens with zero attached hydrogens (tertiary/aromatic N) is 4. The topological polar surface area (TPSA) is 113 Å². The van der Waals surface area contributed by atoms with E-state index in [2.05, 4.69) is 25.1 Å². The van der Waals surface area contributed by atoms with E-state index in [1.807, 2.05) is 66.7 Å². The number of furan rings is 1. The third-order valence-electron chi connectivity index (χ3n) is 6.74. The minimum absolute atomic E-state index is 0.142. The number of H-pyrrole nitrogens is 2. The molecule has 0 aliphatic heterocycles. The van der Waals surface area contributed by atoms with Crippen molar-refractivity contribution in [1.29, 1.82) is 0 Å². The highest BCUT2D eigenvalue weighted by Gasteiger charge is 2.16. The average Bonchev–Trinajstić information content (AvgIpc) is 3.73. The number of rotatable bonds is 7. The number of aromatic nitrogens is 6. The summed E-state index contributed by atoms with van der Waals surface area (Å²) in [5.41, 5.74) is 9.26. The molecule has 7 aromatic rings. The van der Waals surface area contributed by atoms with Crippen molar-refractivity contribution < 1.29 is 9.21 Å². The number of hydrogen-bond donors (Lipinski definition) is 2. The van der Waals surface area contributed by atoms with E-state index in [1.54, 1.807) is 31.1 Å². The van der Waals surface area contributed by atoms with Crippen molar-refractivity contribution in [3.63, 3.8) is 0 Å². The molecule has 39 heavy (non-hydrogen) atoms. The van der Waals surface area contributed by atoms with Gasteiger partial charge in [-0.05, 0) is 47.5 Å². The largest absolute Gasteiger partial charge is 0.472 e. The van der Waals surface area contributed by atoms with Gasteiger partial charge < -0.3 is 9.40 Å². The second-order valence-corrected chi connectivity index (χ2v) is 9.44. The van der Waals surface area contributed by atoms with Gasteiger partial charge in [-0.15, -0.1) is 0 Å². The smallest absolute Gasteiger partial charge is 0.141 e. The van der Waals surface area contributed by atoms with Crippen LogP contribution in [0.5, 0.6) is 0 Å². The molecule has 0 radical (unpaired) electrons. The van der Waals surface area contributed by atoms with Crippen molar-refractivity contribution in [2.75, 3.05) is 0 Å². The van der Waals surface area contributed by atoms with Gasteiger partial charge in [0, 0.05) is 53.5 Å². The first-order chi connectivity index (χ1) is 19.2. The molecule has 0 bridgehead atoms. The van der Waals surface area contributed by atoms with Crippen molar-refractivity contribution in [2.45, 2.75) is 12.8 Å². The first-order valence-electron chi connectivity index (χ1n) is 12.6. The van der Waals surface area contributed by atoms with Gasteiger partial charge in [0.15, 0.2) is 0 Å². The quantitative estimate of drug-likeness (QED) is 0.265. The normalized spacial score (nSPS) is 11.4. The fourth-order valence-corrected chi connectivity index (χ4v) is 4.90. The van der Waals surface area contributed by atoms with Gasteiger partial charge in [0.1, 0.15) is 17.0 Å². The summed E-state index contributed by atoms with van der Waals surface area (Å²) in [6, 6.07) is 21.5. The molecule has 8 heteroatoms. The third-order valence-corrected chi connectivity index (χ3v) is 6.74. The molecule has 0 saturated carbocycles. The van der Waals surface area contributed by atoms with Crippen LogP contribution in [0.2, 0.25) is 0 Å². The minimum atomic E-state index is 0.142. The second kappa shape index (κ2) is 9.50. The average molecular weight is 511 g/mol. The van der Waals surface area contributed by atoms with Gasteiger partial charge in [-0.2, -0.15) is 5.10 Å². The van der Waals surface area contributed by atoms with Crippen molar-refractivity contribution in [3.05, 3.63) is 109 Å². The lowest BCUT2D eigenvalue weighted by Gasteiger charge is -2.05. The summed E-state index contributed by atoms with van der Waals surface area (Å²) in [5.74, 6) is 0.142. The summed E-state index contributed by atoms with van der Waals surface area (Å²) < 4.78 is 5.26. The highest BCUT2D eigenvalue weighted by molar-refractivity contribution is 5.99. The van der Waals surface area contributed by atoms with Gasteiger partial charge >= 0.3 is 0 Å². The van der Waals surface area contributed by atoms with Crippen molar-refractivity contribution >= 4 is 27.7 Å². The van der Waals surface area contributed by atoms with E-state index in [0.717, 1.165) is 61.3 Å². The Balaban J connectivity index is 1.21. The highest BCUT2D eigenvalue weighted by Crippen LogP contribution is 2.33. The highest BCUT2D eigenvalue weighted by atomic mass is 16.3. The molecule has 6 heterocycles. The Morgan fingerprint density at radius 1 is 0.846 bits per heavy atom. The molecule has 0 aliphatic rings. The van der Waals surface area contributed by atoms with E-state index in [1.165, 1.54) is 0 Å². The number of aromatic amines is 2. The lowest BCUT2D eigenvalue weighted by atomic mass is 10.0. The number of carbonyl (C=O) groups excluding carboxylic acids is 1. The molecular formula is C31H22N6O2. The van der Waals surface area contributed by atoms with Crippen LogP contribution in [0.3, 0.4) is 0 Å². The molecule has 0 atom stereocenters. The number of hydrogen-bond acceptors (Lipinski definition) is 6. The first kappa shape index (κ1) is 22.8. The lowest BCUT2D eigenvalue weighted by molar-refractivity contribution is -0.117. The number of ketones is 1. The Hall–Kier alpha value is -5.37. The van der Waals surface area contributed by atoms with E-state index in [4.69, 9.17) is 9.40 Å². The fourth-order valence-electron chi connectivity index (χ4n) is 4.90. The predicted molar refractivity (Wildman–Crippen MR) is 149 cm³/mol. The van der Waals surface area contributed by atoms with Crippen LogP contribution < -0.4 is 0 Å². The third kappa shape index (κ3) is 4.38. The maximum absolute atomic E-state index is 12.7. The number of fused-ring (bicyclic) bond motifs is 2. The number of carbonyl (C=O) groups is 1. The van der Waals surface area contributed by atoms with Crippen molar-refractivity contribution in [1.82, 2.24) is 30.1 Å². The lowest BCUT2D eigenvalue weighted by Crippen LogP contribution is -2.07. The Morgan fingerprint density at radius 2 is 1.74 bits per heavy atom. The van der Waals surface area contributed by atoms with Crippen molar-refractivity contribution in [3.8, 4) is 33.9 Å². The van der Waals surface area contributed by atoms with Crippen LogP contribution in [0.1, 0.15) is 11.1 Å². The predicted octanol–water partition coefficient (Wildman–Crippen LogP) is 6.18. The maximum Gasteiger partial charge on any atom is 0.141 e.